The largest absolute Gasteiger partial charge is 0.410 e. The molecular formula is C25H31N5O3. The van der Waals surface area contributed by atoms with E-state index in [1.807, 2.05) is 30.5 Å². The number of primary amides is 1. The van der Waals surface area contributed by atoms with Gasteiger partial charge in [-0.2, -0.15) is 0 Å². The molecule has 1 saturated heterocycles. The van der Waals surface area contributed by atoms with E-state index in [-0.39, 0.29) is 5.91 Å². The molecule has 0 radical (unpaired) electrons. The van der Waals surface area contributed by atoms with Crippen molar-refractivity contribution in [3.8, 4) is 5.75 Å². The van der Waals surface area contributed by atoms with Gasteiger partial charge in [0.05, 0.1) is 0 Å². The molecule has 8 nitrogen and oxygen atoms in total. The Bertz CT molecular complexity index is 1100. The molecular weight excluding hydrogens is 418 g/mol. The third-order valence-electron chi connectivity index (χ3n) is 6.05. The maximum atomic E-state index is 11.2. The zero-order chi connectivity index (χ0) is 23.2. The Hall–Kier alpha value is -3.52. The molecule has 0 atom stereocenters. The summed E-state index contributed by atoms with van der Waals surface area (Å²) in [6.07, 6.45) is 4.44. The van der Waals surface area contributed by atoms with Crippen LogP contribution < -0.4 is 20.7 Å². The van der Waals surface area contributed by atoms with Crippen molar-refractivity contribution in [3.63, 3.8) is 0 Å². The first-order chi connectivity index (χ1) is 16.0. The van der Waals surface area contributed by atoms with E-state index in [1.54, 1.807) is 6.07 Å². The van der Waals surface area contributed by atoms with Gasteiger partial charge in [0, 0.05) is 61.6 Å². The lowest BCUT2D eigenvalue weighted by Gasteiger charge is -2.36. The predicted octanol–water partition coefficient (Wildman–Crippen LogP) is 3.73. The summed E-state index contributed by atoms with van der Waals surface area (Å²) in [4.78, 5) is 30.4. The number of ether oxygens (including phenoxy) is 1. The number of nitrogens with two attached hydrogens (primary N) is 1. The fraction of sp³-hybridized carbons (Fsp3) is 0.360. The summed E-state index contributed by atoms with van der Waals surface area (Å²) >= 11 is 0. The number of piperazine rings is 1. The van der Waals surface area contributed by atoms with Crippen molar-refractivity contribution in [2.75, 3.05) is 42.9 Å². The van der Waals surface area contributed by atoms with Crippen LogP contribution in [0.1, 0.15) is 25.3 Å². The standard InChI is InChI=1S/C25H31N5O3/c1-18(31)28-20-5-7-21(8-6-20)30-14-12-29(13-15-30)11-3-2-4-19-17-27-24-10-9-22(16-23(19)24)33-25(26)32/h5-10,16-17,27H,2-4,11-15H2,1H3,(H2,26,32)(H,28,31). The molecule has 0 aliphatic carbocycles. The Balaban J connectivity index is 1.21. The highest BCUT2D eigenvalue weighted by Crippen LogP contribution is 2.25. The van der Waals surface area contributed by atoms with Gasteiger partial charge in [-0.3, -0.25) is 9.69 Å². The number of fused-ring (bicyclic) bond motifs is 1. The number of aromatic nitrogens is 1. The van der Waals surface area contributed by atoms with E-state index in [2.05, 4.69) is 32.2 Å². The molecule has 4 rings (SSSR count). The highest BCUT2D eigenvalue weighted by molar-refractivity contribution is 5.88. The van der Waals surface area contributed by atoms with Crippen LogP contribution in [0.2, 0.25) is 0 Å². The van der Waals surface area contributed by atoms with Gasteiger partial charge in [-0.1, -0.05) is 0 Å². The first-order valence-electron chi connectivity index (χ1n) is 11.4. The number of H-pyrrole nitrogens is 1. The first kappa shape index (κ1) is 22.7. The summed E-state index contributed by atoms with van der Waals surface area (Å²) in [6.45, 7) is 6.72. The minimum absolute atomic E-state index is 0.0529. The van der Waals surface area contributed by atoms with Crippen LogP contribution in [-0.4, -0.2) is 54.6 Å². The monoisotopic (exact) mass is 449 g/mol. The van der Waals surface area contributed by atoms with Gasteiger partial charge >= 0.3 is 6.09 Å². The van der Waals surface area contributed by atoms with Gasteiger partial charge in [0.15, 0.2) is 0 Å². The van der Waals surface area contributed by atoms with Crippen molar-refractivity contribution in [1.29, 1.82) is 0 Å². The number of carbonyl (C=O) groups excluding carboxylic acids is 2. The quantitative estimate of drug-likeness (QED) is 0.455. The highest BCUT2D eigenvalue weighted by Gasteiger charge is 2.17. The van der Waals surface area contributed by atoms with E-state index < -0.39 is 6.09 Å². The number of benzene rings is 2. The molecule has 0 unspecified atom stereocenters. The molecule has 3 aromatic rings. The Labute approximate surface area is 193 Å². The zero-order valence-corrected chi connectivity index (χ0v) is 19.0. The van der Waals surface area contributed by atoms with Gasteiger partial charge < -0.3 is 25.7 Å². The smallest absolute Gasteiger partial charge is 0.409 e. The molecule has 0 saturated carbocycles. The Morgan fingerprint density at radius 2 is 1.82 bits per heavy atom. The molecule has 4 N–H and O–H groups in total. The highest BCUT2D eigenvalue weighted by atomic mass is 16.5. The summed E-state index contributed by atoms with van der Waals surface area (Å²) in [5, 5.41) is 3.88. The number of nitrogens with one attached hydrogen (secondary N) is 2. The van der Waals surface area contributed by atoms with E-state index in [9.17, 15) is 9.59 Å². The number of anilines is 2. The Kier molecular flexibility index (Phi) is 7.14. The van der Waals surface area contributed by atoms with Gasteiger partial charge in [-0.25, -0.2) is 4.79 Å². The average molecular weight is 450 g/mol. The molecule has 1 fully saturated rings. The molecule has 2 amide bonds. The van der Waals surface area contributed by atoms with Crippen LogP contribution >= 0.6 is 0 Å². The topological polar surface area (TPSA) is 104 Å². The van der Waals surface area contributed by atoms with E-state index in [0.717, 1.165) is 68.6 Å². The van der Waals surface area contributed by atoms with Gasteiger partial charge in [0.2, 0.25) is 5.91 Å². The minimum atomic E-state index is -0.798. The van der Waals surface area contributed by atoms with Crippen LogP contribution in [0, 0.1) is 0 Å². The number of unbranched alkanes of at least 4 members (excludes halogenated alkanes) is 1. The normalized spacial score (nSPS) is 14.4. The average Bonchev–Trinajstić information content (AvgIpc) is 3.19. The van der Waals surface area contributed by atoms with Gasteiger partial charge in [0.1, 0.15) is 5.75 Å². The Morgan fingerprint density at radius 3 is 2.52 bits per heavy atom. The predicted molar refractivity (Wildman–Crippen MR) is 131 cm³/mol. The van der Waals surface area contributed by atoms with Crippen molar-refractivity contribution >= 4 is 34.3 Å². The maximum absolute atomic E-state index is 11.2. The summed E-state index contributed by atoms with van der Waals surface area (Å²) in [5.74, 6) is 0.418. The third-order valence-corrected chi connectivity index (χ3v) is 6.05. The molecule has 0 spiro atoms. The molecule has 1 aliphatic heterocycles. The molecule has 0 bridgehead atoms. The van der Waals surface area contributed by atoms with Crippen LogP contribution in [0.25, 0.3) is 10.9 Å². The lowest BCUT2D eigenvalue weighted by atomic mass is 10.1. The van der Waals surface area contributed by atoms with E-state index in [0.29, 0.717) is 5.75 Å². The second-order valence-corrected chi connectivity index (χ2v) is 8.46. The molecule has 1 aliphatic rings. The van der Waals surface area contributed by atoms with E-state index >= 15 is 0 Å². The van der Waals surface area contributed by atoms with Gasteiger partial charge in [-0.15, -0.1) is 0 Å². The number of hydrogen-bond acceptors (Lipinski definition) is 5. The SMILES string of the molecule is CC(=O)Nc1ccc(N2CCN(CCCCc3c[nH]c4ccc(OC(N)=O)cc34)CC2)cc1. The number of aromatic amines is 1. The second-order valence-electron chi connectivity index (χ2n) is 8.46. The van der Waals surface area contributed by atoms with Crippen LogP contribution in [-0.2, 0) is 11.2 Å². The van der Waals surface area contributed by atoms with Crippen LogP contribution in [0.5, 0.6) is 5.75 Å². The number of aryl methyl sites for hydroxylation is 1. The summed E-state index contributed by atoms with van der Waals surface area (Å²) < 4.78 is 5.01. The number of hydrogen-bond donors (Lipinski definition) is 3. The lowest BCUT2D eigenvalue weighted by Crippen LogP contribution is -2.46. The van der Waals surface area contributed by atoms with Crippen LogP contribution in [0.4, 0.5) is 16.2 Å². The van der Waals surface area contributed by atoms with E-state index in [1.165, 1.54) is 18.2 Å². The third kappa shape index (κ3) is 6.04. The van der Waals surface area contributed by atoms with Crippen LogP contribution in [0.15, 0.2) is 48.7 Å². The number of carbonyl (C=O) groups is 2. The molecule has 33 heavy (non-hydrogen) atoms. The fourth-order valence-corrected chi connectivity index (χ4v) is 4.38. The fourth-order valence-electron chi connectivity index (χ4n) is 4.38. The number of rotatable bonds is 8. The summed E-state index contributed by atoms with van der Waals surface area (Å²) in [7, 11) is 0. The van der Waals surface area contributed by atoms with Crippen molar-refractivity contribution in [2.24, 2.45) is 5.73 Å². The van der Waals surface area contributed by atoms with Crippen molar-refractivity contribution < 1.29 is 14.3 Å². The number of nitrogens with zero attached hydrogens (tertiary/aromatic N) is 2. The van der Waals surface area contributed by atoms with Crippen molar-refractivity contribution in [1.82, 2.24) is 9.88 Å². The van der Waals surface area contributed by atoms with E-state index in [4.69, 9.17) is 10.5 Å². The Morgan fingerprint density at radius 1 is 1.06 bits per heavy atom. The maximum Gasteiger partial charge on any atom is 0.409 e. The minimum Gasteiger partial charge on any atom is -0.410 e. The lowest BCUT2D eigenvalue weighted by molar-refractivity contribution is -0.114. The van der Waals surface area contributed by atoms with Crippen LogP contribution in [0.3, 0.4) is 0 Å². The van der Waals surface area contributed by atoms with Gasteiger partial charge in [0.25, 0.3) is 0 Å². The molecule has 2 heterocycles. The summed E-state index contributed by atoms with van der Waals surface area (Å²) in [5.41, 5.74) is 9.41. The molecule has 1 aromatic heterocycles. The second kappa shape index (κ2) is 10.4. The van der Waals surface area contributed by atoms with Crippen molar-refractivity contribution in [2.45, 2.75) is 26.2 Å². The molecule has 174 valence electrons. The first-order valence-corrected chi connectivity index (χ1v) is 11.4. The van der Waals surface area contributed by atoms with Crippen molar-refractivity contribution in [3.05, 3.63) is 54.2 Å². The summed E-state index contributed by atoms with van der Waals surface area (Å²) in [6, 6.07) is 13.6. The number of amides is 2. The molecule has 8 heteroatoms. The van der Waals surface area contributed by atoms with Gasteiger partial charge in [-0.05, 0) is 73.8 Å². The zero-order valence-electron chi connectivity index (χ0n) is 19.0. The molecule has 2 aromatic carbocycles.